The monoisotopic (exact) mass is 364 g/mol. The molecule has 4 aromatic rings. The summed E-state index contributed by atoms with van der Waals surface area (Å²) in [6.07, 6.45) is 0. The van der Waals surface area contributed by atoms with Crippen LogP contribution in [0, 0.1) is 17.9 Å². The Labute approximate surface area is 159 Å². The summed E-state index contributed by atoms with van der Waals surface area (Å²) < 4.78 is 2.70. The quantitative estimate of drug-likeness (QED) is 0.403. The van der Waals surface area contributed by atoms with Crippen LogP contribution in [-0.2, 0) is 0 Å². The highest BCUT2D eigenvalue weighted by Crippen LogP contribution is 2.20. The minimum atomic E-state index is -0.697. The topological polar surface area (TPSA) is 72.2 Å². The molecule has 0 spiro atoms. The lowest BCUT2D eigenvalue weighted by atomic mass is 10.2. The first-order valence-corrected chi connectivity index (χ1v) is 8.39. The van der Waals surface area contributed by atoms with E-state index in [1.54, 1.807) is 72.8 Å². The number of nitriles is 1. The fraction of sp³-hybridized carbons (Fsp3) is 0. The van der Waals surface area contributed by atoms with E-state index in [0.717, 1.165) is 0 Å². The van der Waals surface area contributed by atoms with Crippen molar-refractivity contribution in [1.82, 2.24) is 9.13 Å². The number of nitrogens with zero attached hydrogens (tertiary/aromatic N) is 4. The molecule has 0 atom stereocenters. The summed E-state index contributed by atoms with van der Waals surface area (Å²) in [5.41, 5.74) is 1.67. The van der Waals surface area contributed by atoms with Crippen LogP contribution in [0.25, 0.3) is 27.3 Å². The van der Waals surface area contributed by atoms with E-state index in [1.807, 2.05) is 6.07 Å². The number of aromatic nitrogens is 2. The predicted octanol–water partition coefficient (Wildman–Crippen LogP) is 3.56. The maximum Gasteiger partial charge on any atom is 0.321 e. The number of hydrogen-bond donors (Lipinski definition) is 0. The Bertz CT molecular complexity index is 1290. The molecule has 4 rings (SSSR count). The summed E-state index contributed by atoms with van der Waals surface area (Å²) >= 11 is 0. The number of rotatable bonds is 2. The maximum absolute atomic E-state index is 13.0. The Hall–Kier alpha value is -4.42. The standard InChI is InChI=1S/C22H12N4O2/c1-24-16-8-12-18(13-9-16)26-20-5-3-2-4-19(20)25(21(27)22(26)28)17-10-6-15(14-23)7-11-17/h2-13H. The lowest BCUT2D eigenvalue weighted by Crippen LogP contribution is -2.40. The zero-order chi connectivity index (χ0) is 19.7. The fourth-order valence-corrected chi connectivity index (χ4v) is 3.13. The molecule has 0 saturated heterocycles. The molecule has 132 valence electrons. The van der Waals surface area contributed by atoms with E-state index in [2.05, 4.69) is 4.85 Å². The molecule has 0 aliphatic carbocycles. The van der Waals surface area contributed by atoms with Crippen molar-refractivity contribution in [3.8, 4) is 17.4 Å². The summed E-state index contributed by atoms with van der Waals surface area (Å²) in [5, 5.41) is 8.98. The largest absolute Gasteiger partial charge is 0.321 e. The van der Waals surface area contributed by atoms with Crippen LogP contribution in [0.5, 0.6) is 0 Å². The highest BCUT2D eigenvalue weighted by atomic mass is 16.2. The highest BCUT2D eigenvalue weighted by Gasteiger charge is 2.15. The molecular formula is C22H12N4O2. The van der Waals surface area contributed by atoms with E-state index >= 15 is 0 Å². The molecule has 3 aromatic carbocycles. The van der Waals surface area contributed by atoms with Gasteiger partial charge in [-0.1, -0.05) is 24.3 Å². The van der Waals surface area contributed by atoms with Gasteiger partial charge in [0.25, 0.3) is 0 Å². The zero-order valence-electron chi connectivity index (χ0n) is 14.5. The van der Waals surface area contributed by atoms with E-state index in [0.29, 0.717) is 33.7 Å². The normalized spacial score (nSPS) is 10.4. The fourth-order valence-electron chi connectivity index (χ4n) is 3.13. The third-order valence-corrected chi connectivity index (χ3v) is 4.44. The van der Waals surface area contributed by atoms with E-state index < -0.39 is 11.1 Å². The van der Waals surface area contributed by atoms with Crippen LogP contribution in [0.4, 0.5) is 5.69 Å². The third kappa shape index (κ3) is 2.66. The van der Waals surface area contributed by atoms with Crippen molar-refractivity contribution in [2.24, 2.45) is 0 Å². The molecule has 0 bridgehead atoms. The zero-order valence-corrected chi connectivity index (χ0v) is 14.5. The van der Waals surface area contributed by atoms with Gasteiger partial charge < -0.3 is 0 Å². The van der Waals surface area contributed by atoms with Crippen molar-refractivity contribution in [3.05, 3.63) is 110 Å². The molecule has 0 unspecified atom stereocenters. The van der Waals surface area contributed by atoms with Crippen molar-refractivity contribution in [1.29, 1.82) is 5.26 Å². The van der Waals surface area contributed by atoms with Crippen LogP contribution in [0.3, 0.4) is 0 Å². The van der Waals surface area contributed by atoms with Crippen LogP contribution in [0.1, 0.15) is 5.56 Å². The Morgan fingerprint density at radius 1 is 0.750 bits per heavy atom. The Morgan fingerprint density at radius 3 is 1.64 bits per heavy atom. The second kappa shape index (κ2) is 6.71. The van der Waals surface area contributed by atoms with Crippen LogP contribution in [-0.4, -0.2) is 9.13 Å². The Balaban J connectivity index is 2.06. The number of benzene rings is 3. The highest BCUT2D eigenvalue weighted by molar-refractivity contribution is 5.79. The lowest BCUT2D eigenvalue weighted by Gasteiger charge is -2.15. The molecule has 0 radical (unpaired) electrons. The number of para-hydroxylation sites is 2. The van der Waals surface area contributed by atoms with Gasteiger partial charge in [-0.25, -0.2) is 4.85 Å². The number of hydrogen-bond acceptors (Lipinski definition) is 3. The van der Waals surface area contributed by atoms with Gasteiger partial charge in [0.15, 0.2) is 5.69 Å². The van der Waals surface area contributed by atoms with Crippen molar-refractivity contribution < 1.29 is 0 Å². The van der Waals surface area contributed by atoms with Crippen molar-refractivity contribution >= 4 is 16.7 Å². The third-order valence-electron chi connectivity index (χ3n) is 4.44. The van der Waals surface area contributed by atoms with E-state index in [-0.39, 0.29) is 0 Å². The molecule has 6 nitrogen and oxygen atoms in total. The van der Waals surface area contributed by atoms with Crippen LogP contribution in [0.2, 0.25) is 0 Å². The van der Waals surface area contributed by atoms with Crippen LogP contribution in [0.15, 0.2) is 82.4 Å². The van der Waals surface area contributed by atoms with Gasteiger partial charge in [0.05, 0.1) is 29.2 Å². The van der Waals surface area contributed by atoms with Gasteiger partial charge >= 0.3 is 11.1 Å². The van der Waals surface area contributed by atoms with Crippen molar-refractivity contribution in [2.45, 2.75) is 0 Å². The minimum absolute atomic E-state index is 0.451. The summed E-state index contributed by atoms with van der Waals surface area (Å²) in [5.74, 6) is 0. The van der Waals surface area contributed by atoms with Gasteiger partial charge in [-0.2, -0.15) is 5.26 Å². The average molecular weight is 364 g/mol. The van der Waals surface area contributed by atoms with Gasteiger partial charge in [0.2, 0.25) is 0 Å². The average Bonchev–Trinajstić information content (AvgIpc) is 2.75. The molecular weight excluding hydrogens is 352 g/mol. The summed E-state index contributed by atoms with van der Waals surface area (Å²) in [6, 6.07) is 22.1. The summed E-state index contributed by atoms with van der Waals surface area (Å²) in [4.78, 5) is 29.3. The second-order valence-corrected chi connectivity index (χ2v) is 6.06. The summed E-state index contributed by atoms with van der Waals surface area (Å²) in [7, 11) is 0. The van der Waals surface area contributed by atoms with Gasteiger partial charge in [0.1, 0.15) is 0 Å². The first-order valence-electron chi connectivity index (χ1n) is 8.39. The SMILES string of the molecule is [C-]#[N+]c1ccc(-n2c(=O)c(=O)n(-c3ccc(C#N)cc3)c3ccccc32)cc1. The maximum atomic E-state index is 13.0. The Morgan fingerprint density at radius 2 is 1.21 bits per heavy atom. The van der Waals surface area contributed by atoms with Crippen LogP contribution < -0.4 is 11.1 Å². The molecule has 6 heteroatoms. The molecule has 0 N–H and O–H groups in total. The van der Waals surface area contributed by atoms with E-state index in [9.17, 15) is 9.59 Å². The second-order valence-electron chi connectivity index (χ2n) is 6.06. The smallest absolute Gasteiger partial charge is 0.271 e. The molecule has 0 aliphatic rings. The van der Waals surface area contributed by atoms with E-state index in [1.165, 1.54) is 9.13 Å². The molecule has 1 aromatic heterocycles. The predicted molar refractivity (Wildman–Crippen MR) is 106 cm³/mol. The first kappa shape index (κ1) is 17.0. The van der Waals surface area contributed by atoms with Crippen LogP contribution >= 0.6 is 0 Å². The van der Waals surface area contributed by atoms with Gasteiger partial charge in [-0.3, -0.25) is 18.7 Å². The van der Waals surface area contributed by atoms with E-state index in [4.69, 9.17) is 11.8 Å². The number of fused-ring (bicyclic) bond motifs is 1. The molecule has 0 fully saturated rings. The molecule has 0 saturated carbocycles. The van der Waals surface area contributed by atoms with Crippen molar-refractivity contribution in [3.63, 3.8) is 0 Å². The van der Waals surface area contributed by atoms with Gasteiger partial charge in [0, 0.05) is 11.4 Å². The van der Waals surface area contributed by atoms with Gasteiger partial charge in [-0.05, 0) is 48.5 Å². The lowest BCUT2D eigenvalue weighted by molar-refractivity contribution is 0.918. The van der Waals surface area contributed by atoms with Gasteiger partial charge in [-0.15, -0.1) is 0 Å². The minimum Gasteiger partial charge on any atom is -0.271 e. The van der Waals surface area contributed by atoms with Crippen molar-refractivity contribution in [2.75, 3.05) is 0 Å². The first-order chi connectivity index (χ1) is 13.6. The Kier molecular flexibility index (Phi) is 4.08. The summed E-state index contributed by atoms with van der Waals surface area (Å²) in [6.45, 7) is 7.06. The molecule has 0 amide bonds. The molecule has 28 heavy (non-hydrogen) atoms. The molecule has 0 aliphatic heterocycles. The molecule has 1 heterocycles.